The van der Waals surface area contributed by atoms with Crippen molar-refractivity contribution in [2.24, 2.45) is 0 Å². The lowest BCUT2D eigenvalue weighted by Crippen LogP contribution is -2.48. The summed E-state index contributed by atoms with van der Waals surface area (Å²) in [5.41, 5.74) is 1.02. The zero-order valence-corrected chi connectivity index (χ0v) is 13.0. The first-order valence-electron chi connectivity index (χ1n) is 6.96. The number of amides is 2. The topological polar surface area (TPSA) is 69.6 Å². The van der Waals surface area contributed by atoms with E-state index in [2.05, 4.69) is 19.2 Å². The molecule has 2 amide bonds. The molecule has 1 aliphatic heterocycles. The molecule has 1 aromatic rings. The Kier molecular flexibility index (Phi) is 5.12. The second-order valence-electron chi connectivity index (χ2n) is 5.33. The largest absolute Gasteiger partial charge is 0.478 e. The molecule has 2 rings (SSSR count). The maximum absolute atomic E-state index is 12.2. The Morgan fingerprint density at radius 1 is 1.33 bits per heavy atom. The van der Waals surface area contributed by atoms with E-state index in [9.17, 15) is 9.59 Å². The first kappa shape index (κ1) is 15.7. The molecule has 0 spiro atoms. The van der Waals surface area contributed by atoms with Gasteiger partial charge in [-0.15, -0.1) is 0 Å². The Morgan fingerprint density at radius 3 is 2.62 bits per heavy atom. The molecule has 5 nitrogen and oxygen atoms in total. The van der Waals surface area contributed by atoms with Crippen LogP contribution in [0.4, 0.5) is 4.79 Å². The molecule has 0 bridgehead atoms. The van der Waals surface area contributed by atoms with E-state index in [0.717, 1.165) is 18.7 Å². The molecule has 1 aromatic carbocycles. The molecular weight excluding hydrogens is 288 g/mol. The van der Waals surface area contributed by atoms with Crippen molar-refractivity contribution in [1.82, 2.24) is 10.2 Å². The number of thioether (sulfide) groups is 1. The van der Waals surface area contributed by atoms with Crippen LogP contribution in [0.1, 0.15) is 29.8 Å². The summed E-state index contributed by atoms with van der Waals surface area (Å²) in [6.45, 7) is 6.08. The number of carbonyl (C=O) groups is 2. The maximum atomic E-state index is 12.2. The highest BCUT2D eigenvalue weighted by molar-refractivity contribution is 8.00. The van der Waals surface area contributed by atoms with E-state index in [0.29, 0.717) is 17.0 Å². The SMILES string of the molecule is CC1CN(C(=O)NCc2cccc(C(=O)O)c2)CC(C)S1. The smallest absolute Gasteiger partial charge is 0.335 e. The van der Waals surface area contributed by atoms with Crippen LogP contribution in [0, 0.1) is 0 Å². The van der Waals surface area contributed by atoms with Crippen LogP contribution in [0.2, 0.25) is 0 Å². The fraction of sp³-hybridized carbons (Fsp3) is 0.467. The number of hydrogen-bond donors (Lipinski definition) is 2. The minimum Gasteiger partial charge on any atom is -0.478 e. The minimum atomic E-state index is -0.959. The monoisotopic (exact) mass is 308 g/mol. The molecule has 0 saturated carbocycles. The Balaban J connectivity index is 1.92. The van der Waals surface area contributed by atoms with Crippen LogP contribution in [0.15, 0.2) is 24.3 Å². The molecule has 6 heteroatoms. The molecule has 1 aliphatic rings. The Hall–Kier alpha value is -1.69. The fourth-order valence-electron chi connectivity index (χ4n) is 2.45. The number of hydrogen-bond acceptors (Lipinski definition) is 3. The number of nitrogens with one attached hydrogen (secondary N) is 1. The third-order valence-electron chi connectivity index (χ3n) is 3.32. The van der Waals surface area contributed by atoms with Crippen LogP contribution >= 0.6 is 11.8 Å². The van der Waals surface area contributed by atoms with Gasteiger partial charge in [-0.3, -0.25) is 0 Å². The number of carboxylic acids is 1. The number of aromatic carboxylic acids is 1. The van der Waals surface area contributed by atoms with Crippen molar-refractivity contribution in [1.29, 1.82) is 0 Å². The van der Waals surface area contributed by atoms with Gasteiger partial charge in [-0.25, -0.2) is 9.59 Å². The maximum Gasteiger partial charge on any atom is 0.335 e. The van der Waals surface area contributed by atoms with Crippen molar-refractivity contribution in [2.45, 2.75) is 30.9 Å². The second-order valence-corrected chi connectivity index (χ2v) is 7.21. The van der Waals surface area contributed by atoms with Crippen LogP contribution in [-0.4, -0.2) is 45.6 Å². The van der Waals surface area contributed by atoms with Crippen molar-refractivity contribution >= 4 is 23.8 Å². The molecular formula is C15H20N2O3S. The summed E-state index contributed by atoms with van der Waals surface area (Å²) in [5.74, 6) is -0.959. The zero-order valence-electron chi connectivity index (χ0n) is 12.2. The van der Waals surface area contributed by atoms with E-state index >= 15 is 0 Å². The number of carboxylic acid groups (broad SMARTS) is 1. The fourth-order valence-corrected chi connectivity index (χ4v) is 3.77. The van der Waals surface area contributed by atoms with E-state index in [-0.39, 0.29) is 11.6 Å². The van der Waals surface area contributed by atoms with Crippen LogP contribution < -0.4 is 5.32 Å². The second kappa shape index (κ2) is 6.85. The number of rotatable bonds is 3. The first-order chi connectivity index (χ1) is 9.95. The Bertz CT molecular complexity index is 525. The summed E-state index contributed by atoms with van der Waals surface area (Å²) >= 11 is 1.90. The Labute approximate surface area is 128 Å². The summed E-state index contributed by atoms with van der Waals surface area (Å²) < 4.78 is 0. The average Bonchev–Trinajstić information content (AvgIpc) is 2.44. The minimum absolute atomic E-state index is 0.0882. The van der Waals surface area contributed by atoms with Crippen molar-refractivity contribution in [3.8, 4) is 0 Å². The Morgan fingerprint density at radius 2 is 2.00 bits per heavy atom. The molecule has 1 heterocycles. The summed E-state index contributed by atoms with van der Waals surface area (Å²) in [4.78, 5) is 24.9. The molecule has 1 saturated heterocycles. The molecule has 2 atom stereocenters. The molecule has 0 radical (unpaired) electrons. The van der Waals surface area contributed by atoms with Gasteiger partial charge in [0, 0.05) is 30.1 Å². The summed E-state index contributed by atoms with van der Waals surface area (Å²) in [6.07, 6.45) is 0. The molecule has 2 N–H and O–H groups in total. The molecule has 114 valence electrons. The van der Waals surface area contributed by atoms with Crippen LogP contribution in [-0.2, 0) is 6.54 Å². The van der Waals surface area contributed by atoms with Crippen LogP contribution in [0.3, 0.4) is 0 Å². The summed E-state index contributed by atoms with van der Waals surface area (Å²) in [7, 11) is 0. The normalized spacial score (nSPS) is 21.9. The van der Waals surface area contributed by atoms with Crippen molar-refractivity contribution in [2.75, 3.05) is 13.1 Å². The lowest BCUT2D eigenvalue weighted by Gasteiger charge is -2.34. The predicted molar refractivity (Wildman–Crippen MR) is 83.7 cm³/mol. The highest BCUT2D eigenvalue weighted by Gasteiger charge is 2.25. The lowest BCUT2D eigenvalue weighted by atomic mass is 10.1. The predicted octanol–water partition coefficient (Wildman–Crippen LogP) is 2.42. The van der Waals surface area contributed by atoms with Gasteiger partial charge < -0.3 is 15.3 Å². The van der Waals surface area contributed by atoms with E-state index in [4.69, 9.17) is 5.11 Å². The van der Waals surface area contributed by atoms with Crippen molar-refractivity contribution in [3.63, 3.8) is 0 Å². The van der Waals surface area contributed by atoms with Gasteiger partial charge in [0.2, 0.25) is 0 Å². The van der Waals surface area contributed by atoms with Gasteiger partial charge in [0.25, 0.3) is 0 Å². The quantitative estimate of drug-likeness (QED) is 0.900. The number of carbonyl (C=O) groups excluding carboxylic acids is 1. The van der Waals surface area contributed by atoms with Gasteiger partial charge >= 0.3 is 12.0 Å². The highest BCUT2D eigenvalue weighted by atomic mass is 32.2. The van der Waals surface area contributed by atoms with Crippen molar-refractivity contribution in [3.05, 3.63) is 35.4 Å². The standard InChI is InChI=1S/C15H20N2O3S/c1-10-8-17(9-11(2)21-10)15(20)16-7-12-4-3-5-13(6-12)14(18)19/h3-6,10-11H,7-9H2,1-2H3,(H,16,20)(H,18,19). The number of benzene rings is 1. The van der Waals surface area contributed by atoms with Crippen LogP contribution in [0.25, 0.3) is 0 Å². The van der Waals surface area contributed by atoms with E-state index in [1.54, 1.807) is 18.2 Å². The average molecular weight is 308 g/mol. The molecule has 0 aromatic heterocycles. The highest BCUT2D eigenvalue weighted by Crippen LogP contribution is 2.24. The van der Waals surface area contributed by atoms with Crippen LogP contribution in [0.5, 0.6) is 0 Å². The lowest BCUT2D eigenvalue weighted by molar-refractivity contribution is 0.0696. The van der Waals surface area contributed by atoms with E-state index < -0.39 is 5.97 Å². The summed E-state index contributed by atoms with van der Waals surface area (Å²) in [5, 5.41) is 12.7. The van der Waals surface area contributed by atoms with Crippen molar-refractivity contribution < 1.29 is 14.7 Å². The van der Waals surface area contributed by atoms with Gasteiger partial charge in [-0.05, 0) is 17.7 Å². The summed E-state index contributed by atoms with van der Waals surface area (Å²) in [6, 6.07) is 6.53. The van der Waals surface area contributed by atoms with Gasteiger partial charge in [-0.1, -0.05) is 26.0 Å². The van der Waals surface area contributed by atoms with Gasteiger partial charge in [-0.2, -0.15) is 11.8 Å². The third-order valence-corrected chi connectivity index (χ3v) is 4.55. The number of urea groups is 1. The first-order valence-corrected chi connectivity index (χ1v) is 7.90. The molecule has 21 heavy (non-hydrogen) atoms. The molecule has 2 unspecified atom stereocenters. The van der Waals surface area contributed by atoms with Gasteiger partial charge in [0.1, 0.15) is 0 Å². The third kappa shape index (κ3) is 4.39. The number of nitrogens with zero attached hydrogens (tertiary/aromatic N) is 1. The molecule has 0 aliphatic carbocycles. The van der Waals surface area contributed by atoms with Gasteiger partial charge in [0.15, 0.2) is 0 Å². The van der Waals surface area contributed by atoms with E-state index in [1.807, 2.05) is 22.7 Å². The zero-order chi connectivity index (χ0) is 15.4. The van der Waals surface area contributed by atoms with E-state index in [1.165, 1.54) is 0 Å². The van der Waals surface area contributed by atoms with Gasteiger partial charge in [0.05, 0.1) is 5.56 Å². The molecule has 1 fully saturated rings.